The van der Waals surface area contributed by atoms with Gasteiger partial charge >= 0.3 is 0 Å². The molecule has 2 unspecified atom stereocenters. The summed E-state index contributed by atoms with van der Waals surface area (Å²) in [5.74, 6) is 1.50. The lowest BCUT2D eigenvalue weighted by Gasteiger charge is -2.31. The summed E-state index contributed by atoms with van der Waals surface area (Å²) in [4.78, 5) is 28.7. The maximum Gasteiger partial charge on any atom is 0.206 e. The summed E-state index contributed by atoms with van der Waals surface area (Å²) < 4.78 is 5.99. The van der Waals surface area contributed by atoms with Crippen LogP contribution < -0.4 is 10.1 Å². The Labute approximate surface area is 167 Å². The van der Waals surface area contributed by atoms with Crippen LogP contribution in [-0.4, -0.2) is 64.1 Å². The molecule has 0 amide bonds. The molecule has 8 heteroatoms. The maximum absolute atomic E-state index is 13.4. The summed E-state index contributed by atoms with van der Waals surface area (Å²) in [7, 11) is 0. The standard InChI is InChI=1S/C20H22N2O5S/c23-6-3-17-16(2-1-4-21-17)19(26)20(18-12-28-7-5-22-18)27-15-9-13(11-24)8-14(25)10-15/h1-2,4,8-11,18,20,22-23,25H,3,5-7,12H2. The molecule has 28 heavy (non-hydrogen) atoms. The summed E-state index contributed by atoms with van der Waals surface area (Å²) in [6.07, 6.45) is 1.59. The van der Waals surface area contributed by atoms with Crippen LogP contribution in [0.5, 0.6) is 11.5 Å². The molecule has 0 aliphatic carbocycles. The van der Waals surface area contributed by atoms with E-state index in [0.29, 0.717) is 23.3 Å². The second kappa shape index (κ2) is 9.68. The molecule has 3 rings (SSSR count). The summed E-state index contributed by atoms with van der Waals surface area (Å²) >= 11 is 1.72. The number of aliphatic hydroxyl groups is 1. The highest BCUT2D eigenvalue weighted by molar-refractivity contribution is 7.99. The second-order valence-electron chi connectivity index (χ2n) is 6.39. The molecule has 2 atom stereocenters. The number of hydrogen-bond acceptors (Lipinski definition) is 8. The molecule has 1 aliphatic heterocycles. The lowest BCUT2D eigenvalue weighted by molar-refractivity contribution is 0.0733. The average molecular weight is 402 g/mol. The van der Waals surface area contributed by atoms with E-state index in [9.17, 15) is 19.8 Å². The second-order valence-corrected chi connectivity index (χ2v) is 7.54. The lowest BCUT2D eigenvalue weighted by Crippen LogP contribution is -2.52. The number of ketones is 1. The molecule has 7 nitrogen and oxygen atoms in total. The largest absolute Gasteiger partial charge is 0.508 e. The van der Waals surface area contributed by atoms with E-state index in [1.807, 2.05) is 0 Å². The van der Waals surface area contributed by atoms with E-state index >= 15 is 0 Å². The third kappa shape index (κ3) is 4.89. The number of carbonyl (C=O) groups excluding carboxylic acids is 2. The normalized spacial score (nSPS) is 17.7. The van der Waals surface area contributed by atoms with Crippen molar-refractivity contribution in [3.8, 4) is 11.5 Å². The van der Waals surface area contributed by atoms with Crippen molar-refractivity contribution in [1.29, 1.82) is 0 Å². The van der Waals surface area contributed by atoms with Crippen molar-refractivity contribution in [2.75, 3.05) is 24.7 Å². The predicted molar refractivity (Wildman–Crippen MR) is 106 cm³/mol. The Kier molecular flexibility index (Phi) is 7.02. The number of Topliss-reactive ketones (excluding diaryl/α,β-unsaturated/α-hetero) is 1. The summed E-state index contributed by atoms with van der Waals surface area (Å²) in [5, 5.41) is 22.4. The van der Waals surface area contributed by atoms with Crippen molar-refractivity contribution in [2.24, 2.45) is 0 Å². The number of thioether (sulfide) groups is 1. The number of aldehydes is 1. The first-order chi connectivity index (χ1) is 13.6. The number of carbonyl (C=O) groups is 2. The van der Waals surface area contributed by atoms with E-state index in [1.54, 1.807) is 30.1 Å². The molecule has 1 aliphatic rings. The van der Waals surface area contributed by atoms with Gasteiger partial charge in [-0.05, 0) is 24.3 Å². The highest BCUT2D eigenvalue weighted by Gasteiger charge is 2.33. The summed E-state index contributed by atoms with van der Waals surface area (Å²) in [6, 6.07) is 7.29. The topological polar surface area (TPSA) is 109 Å². The number of aromatic hydroxyl groups is 1. The minimum atomic E-state index is -0.865. The number of hydrogen-bond donors (Lipinski definition) is 3. The molecule has 0 bridgehead atoms. The van der Waals surface area contributed by atoms with Gasteiger partial charge in [0.2, 0.25) is 5.78 Å². The minimum absolute atomic E-state index is 0.112. The lowest BCUT2D eigenvalue weighted by atomic mass is 9.98. The van der Waals surface area contributed by atoms with Crippen molar-refractivity contribution in [2.45, 2.75) is 18.6 Å². The highest BCUT2D eigenvalue weighted by Crippen LogP contribution is 2.25. The van der Waals surface area contributed by atoms with Crippen LogP contribution in [0.25, 0.3) is 0 Å². The van der Waals surface area contributed by atoms with Crippen molar-refractivity contribution in [3.05, 3.63) is 53.3 Å². The van der Waals surface area contributed by atoms with Gasteiger partial charge in [-0.1, -0.05) is 0 Å². The molecule has 148 valence electrons. The van der Waals surface area contributed by atoms with E-state index in [-0.39, 0.29) is 41.9 Å². The average Bonchev–Trinajstić information content (AvgIpc) is 2.72. The van der Waals surface area contributed by atoms with Crippen molar-refractivity contribution >= 4 is 23.8 Å². The number of nitrogens with zero attached hydrogens (tertiary/aromatic N) is 1. The van der Waals surface area contributed by atoms with Gasteiger partial charge in [-0.3, -0.25) is 14.6 Å². The van der Waals surface area contributed by atoms with Crippen LogP contribution in [0.2, 0.25) is 0 Å². The molecule has 1 aromatic carbocycles. The first kappa shape index (κ1) is 20.3. The van der Waals surface area contributed by atoms with Crippen molar-refractivity contribution in [1.82, 2.24) is 10.3 Å². The predicted octanol–water partition coefficient (Wildman–Crippen LogP) is 1.47. The van der Waals surface area contributed by atoms with E-state index in [0.717, 1.165) is 12.3 Å². The van der Waals surface area contributed by atoms with E-state index in [2.05, 4.69) is 10.3 Å². The Balaban J connectivity index is 1.94. The van der Waals surface area contributed by atoms with Crippen LogP contribution in [0.1, 0.15) is 26.4 Å². The van der Waals surface area contributed by atoms with Gasteiger partial charge in [0.05, 0.1) is 11.7 Å². The Morgan fingerprint density at radius 1 is 1.43 bits per heavy atom. The summed E-state index contributed by atoms with van der Waals surface area (Å²) in [5.41, 5.74) is 1.17. The van der Waals surface area contributed by atoms with E-state index in [1.165, 1.54) is 18.2 Å². The first-order valence-electron chi connectivity index (χ1n) is 8.98. The summed E-state index contributed by atoms with van der Waals surface area (Å²) in [6.45, 7) is 0.633. The molecule has 0 radical (unpaired) electrons. The van der Waals surface area contributed by atoms with Gasteiger partial charge in [0.1, 0.15) is 17.8 Å². The smallest absolute Gasteiger partial charge is 0.206 e. The number of benzene rings is 1. The molecule has 2 heterocycles. The van der Waals surface area contributed by atoms with Gasteiger partial charge in [-0.15, -0.1) is 0 Å². The molecule has 0 spiro atoms. The van der Waals surface area contributed by atoms with E-state index in [4.69, 9.17) is 4.74 Å². The zero-order valence-electron chi connectivity index (χ0n) is 15.2. The number of phenolic OH excluding ortho intramolecular Hbond substituents is 1. The SMILES string of the molecule is O=Cc1cc(O)cc(OC(C(=O)c2cccnc2CCO)C2CSCCN2)c1. The number of aromatic nitrogens is 1. The maximum atomic E-state index is 13.4. The number of aliphatic hydroxyl groups excluding tert-OH is 1. The fourth-order valence-corrected chi connectivity index (χ4v) is 4.08. The van der Waals surface area contributed by atoms with Gasteiger partial charge in [0, 0.05) is 54.5 Å². The third-order valence-electron chi connectivity index (χ3n) is 4.39. The van der Waals surface area contributed by atoms with Crippen LogP contribution in [0.4, 0.5) is 0 Å². The number of pyridine rings is 1. The fourth-order valence-electron chi connectivity index (χ4n) is 3.11. The molecular formula is C20H22N2O5S. The zero-order chi connectivity index (χ0) is 19.9. The molecule has 3 N–H and O–H groups in total. The zero-order valence-corrected chi connectivity index (χ0v) is 16.0. The molecular weight excluding hydrogens is 380 g/mol. The Bertz CT molecular complexity index is 839. The molecule has 0 saturated carbocycles. The van der Waals surface area contributed by atoms with Gasteiger partial charge in [0.25, 0.3) is 0 Å². The van der Waals surface area contributed by atoms with E-state index < -0.39 is 6.10 Å². The monoisotopic (exact) mass is 402 g/mol. The number of nitrogens with one attached hydrogen (secondary N) is 1. The molecule has 1 fully saturated rings. The number of phenols is 1. The van der Waals surface area contributed by atoms with Gasteiger partial charge in [-0.25, -0.2) is 0 Å². The van der Waals surface area contributed by atoms with Crippen LogP contribution in [-0.2, 0) is 6.42 Å². The van der Waals surface area contributed by atoms with Gasteiger partial charge < -0.3 is 20.3 Å². The number of rotatable bonds is 8. The number of ether oxygens (including phenoxy) is 1. The minimum Gasteiger partial charge on any atom is -0.508 e. The highest BCUT2D eigenvalue weighted by atomic mass is 32.2. The van der Waals surface area contributed by atoms with Crippen molar-refractivity contribution < 1.29 is 24.5 Å². The van der Waals surface area contributed by atoms with Crippen LogP contribution in [0.15, 0.2) is 36.5 Å². The van der Waals surface area contributed by atoms with Crippen LogP contribution >= 0.6 is 11.8 Å². The van der Waals surface area contributed by atoms with Crippen molar-refractivity contribution in [3.63, 3.8) is 0 Å². The van der Waals surface area contributed by atoms with Crippen LogP contribution in [0.3, 0.4) is 0 Å². The molecule has 1 saturated heterocycles. The quantitative estimate of drug-likeness (QED) is 0.450. The van der Waals surface area contributed by atoms with Gasteiger partial charge in [0.15, 0.2) is 6.10 Å². The Morgan fingerprint density at radius 3 is 3.00 bits per heavy atom. The van der Waals surface area contributed by atoms with Crippen LogP contribution in [0, 0.1) is 0 Å². The fraction of sp³-hybridized carbons (Fsp3) is 0.350. The Morgan fingerprint density at radius 2 is 2.29 bits per heavy atom. The molecule has 2 aromatic rings. The third-order valence-corrected chi connectivity index (χ3v) is 5.48. The Hall–Kier alpha value is -2.42. The first-order valence-corrected chi connectivity index (χ1v) is 10.1. The van der Waals surface area contributed by atoms with Gasteiger partial charge in [-0.2, -0.15) is 11.8 Å². The molecule has 1 aromatic heterocycles.